The molecular formula is C14H19NO2. The molecule has 92 valence electrons. The lowest BCUT2D eigenvalue weighted by atomic mass is 10.1. The number of rotatable bonds is 2. The molecule has 0 amide bonds. The van der Waals surface area contributed by atoms with E-state index in [0.29, 0.717) is 6.10 Å². The van der Waals surface area contributed by atoms with E-state index < -0.39 is 0 Å². The fourth-order valence-electron chi connectivity index (χ4n) is 2.55. The summed E-state index contributed by atoms with van der Waals surface area (Å²) < 4.78 is 11.8. The molecule has 0 bridgehead atoms. The van der Waals surface area contributed by atoms with E-state index in [1.807, 2.05) is 6.07 Å². The first-order valence-corrected chi connectivity index (χ1v) is 6.55. The van der Waals surface area contributed by atoms with E-state index in [-0.39, 0.29) is 0 Å². The zero-order valence-electron chi connectivity index (χ0n) is 10.1. The number of benzene rings is 1. The second-order valence-electron chi connectivity index (χ2n) is 4.78. The third kappa shape index (κ3) is 2.39. The maximum atomic E-state index is 6.07. The number of piperidine rings is 1. The summed E-state index contributed by atoms with van der Waals surface area (Å²) >= 11 is 0. The summed E-state index contributed by atoms with van der Waals surface area (Å²) in [4.78, 5) is 0. The van der Waals surface area contributed by atoms with Crippen LogP contribution in [0.15, 0.2) is 18.2 Å². The van der Waals surface area contributed by atoms with Crippen LogP contribution in [0.3, 0.4) is 0 Å². The number of nitrogens with one attached hydrogen (secondary N) is 1. The van der Waals surface area contributed by atoms with Gasteiger partial charge in [0.1, 0.15) is 6.10 Å². The van der Waals surface area contributed by atoms with Gasteiger partial charge in [-0.3, -0.25) is 0 Å². The minimum absolute atomic E-state index is 0.292. The van der Waals surface area contributed by atoms with Crippen molar-refractivity contribution in [2.75, 3.05) is 19.7 Å². The van der Waals surface area contributed by atoms with Gasteiger partial charge in [-0.05, 0) is 43.9 Å². The Kier molecular flexibility index (Phi) is 3.18. The number of hydrogen-bond acceptors (Lipinski definition) is 3. The lowest BCUT2D eigenvalue weighted by Crippen LogP contribution is -2.37. The monoisotopic (exact) mass is 233 g/mol. The second kappa shape index (κ2) is 4.96. The Bertz CT molecular complexity index is 386. The van der Waals surface area contributed by atoms with Crippen molar-refractivity contribution in [2.45, 2.75) is 31.8 Å². The Morgan fingerprint density at radius 3 is 3.18 bits per heavy atom. The average Bonchev–Trinajstić information content (AvgIpc) is 2.40. The van der Waals surface area contributed by atoms with Crippen molar-refractivity contribution in [1.82, 2.24) is 5.32 Å². The molecule has 3 heteroatoms. The van der Waals surface area contributed by atoms with Gasteiger partial charge in [0.05, 0.1) is 6.61 Å². The molecule has 2 aliphatic heterocycles. The summed E-state index contributed by atoms with van der Waals surface area (Å²) in [7, 11) is 0. The van der Waals surface area contributed by atoms with Crippen molar-refractivity contribution in [3.63, 3.8) is 0 Å². The maximum Gasteiger partial charge on any atom is 0.164 e. The van der Waals surface area contributed by atoms with E-state index >= 15 is 0 Å². The molecule has 1 atom stereocenters. The highest BCUT2D eigenvalue weighted by atomic mass is 16.5. The van der Waals surface area contributed by atoms with Crippen molar-refractivity contribution < 1.29 is 9.47 Å². The Morgan fingerprint density at radius 1 is 1.29 bits per heavy atom. The number of aryl methyl sites for hydroxylation is 1. The molecule has 1 N–H and O–H groups in total. The van der Waals surface area contributed by atoms with Crippen LogP contribution in [0.4, 0.5) is 0 Å². The molecule has 0 spiro atoms. The number of para-hydroxylation sites is 1. The third-order valence-electron chi connectivity index (χ3n) is 3.44. The molecule has 17 heavy (non-hydrogen) atoms. The van der Waals surface area contributed by atoms with Crippen LogP contribution in [0.1, 0.15) is 24.8 Å². The maximum absolute atomic E-state index is 6.07. The van der Waals surface area contributed by atoms with E-state index in [9.17, 15) is 0 Å². The number of hydrogen-bond donors (Lipinski definition) is 1. The van der Waals surface area contributed by atoms with E-state index in [2.05, 4.69) is 17.4 Å². The van der Waals surface area contributed by atoms with Crippen LogP contribution in [0.25, 0.3) is 0 Å². The third-order valence-corrected chi connectivity index (χ3v) is 3.44. The quantitative estimate of drug-likeness (QED) is 0.849. The zero-order valence-corrected chi connectivity index (χ0v) is 10.1. The Hall–Kier alpha value is -1.22. The lowest BCUT2D eigenvalue weighted by Gasteiger charge is -2.26. The molecule has 0 aliphatic carbocycles. The van der Waals surface area contributed by atoms with Gasteiger partial charge in [0.15, 0.2) is 11.5 Å². The zero-order chi connectivity index (χ0) is 11.5. The minimum Gasteiger partial charge on any atom is -0.489 e. The molecule has 0 aromatic heterocycles. The van der Waals surface area contributed by atoms with Crippen LogP contribution in [0, 0.1) is 0 Å². The van der Waals surface area contributed by atoms with Crippen molar-refractivity contribution in [3.8, 4) is 11.5 Å². The summed E-state index contributed by atoms with van der Waals surface area (Å²) in [5, 5.41) is 3.37. The molecule has 1 unspecified atom stereocenters. The highest BCUT2D eigenvalue weighted by molar-refractivity contribution is 5.47. The van der Waals surface area contributed by atoms with Crippen LogP contribution < -0.4 is 14.8 Å². The fourth-order valence-corrected chi connectivity index (χ4v) is 2.55. The normalized spacial score (nSPS) is 23.6. The first-order valence-electron chi connectivity index (χ1n) is 6.55. The van der Waals surface area contributed by atoms with Crippen molar-refractivity contribution in [3.05, 3.63) is 23.8 Å². The van der Waals surface area contributed by atoms with Crippen molar-refractivity contribution >= 4 is 0 Å². The topological polar surface area (TPSA) is 30.5 Å². The molecule has 1 saturated heterocycles. The van der Waals surface area contributed by atoms with E-state index in [1.165, 1.54) is 12.0 Å². The largest absolute Gasteiger partial charge is 0.489 e. The van der Waals surface area contributed by atoms with Crippen molar-refractivity contribution in [2.24, 2.45) is 0 Å². The highest BCUT2D eigenvalue weighted by Crippen LogP contribution is 2.35. The summed E-state index contributed by atoms with van der Waals surface area (Å²) in [5.41, 5.74) is 1.29. The highest BCUT2D eigenvalue weighted by Gasteiger charge is 2.19. The lowest BCUT2D eigenvalue weighted by molar-refractivity contribution is 0.156. The van der Waals surface area contributed by atoms with Gasteiger partial charge >= 0.3 is 0 Å². The minimum atomic E-state index is 0.292. The molecule has 0 radical (unpaired) electrons. The Labute approximate surface area is 102 Å². The molecule has 1 aromatic rings. The molecule has 3 nitrogen and oxygen atoms in total. The average molecular weight is 233 g/mol. The molecule has 1 fully saturated rings. The Morgan fingerprint density at radius 2 is 2.29 bits per heavy atom. The van der Waals surface area contributed by atoms with Gasteiger partial charge in [-0.25, -0.2) is 0 Å². The van der Waals surface area contributed by atoms with Gasteiger partial charge in [-0.2, -0.15) is 0 Å². The molecule has 3 rings (SSSR count). The van der Waals surface area contributed by atoms with Gasteiger partial charge in [-0.1, -0.05) is 12.1 Å². The molecule has 1 aromatic carbocycles. The van der Waals surface area contributed by atoms with Gasteiger partial charge in [0, 0.05) is 6.54 Å². The molecular weight excluding hydrogens is 214 g/mol. The van der Waals surface area contributed by atoms with Crippen molar-refractivity contribution in [1.29, 1.82) is 0 Å². The van der Waals surface area contributed by atoms with Crippen LogP contribution >= 0.6 is 0 Å². The first-order chi connectivity index (χ1) is 8.43. The van der Waals surface area contributed by atoms with Gasteiger partial charge in [0.2, 0.25) is 0 Å². The van der Waals surface area contributed by atoms with Gasteiger partial charge in [-0.15, -0.1) is 0 Å². The molecule has 0 saturated carbocycles. The SMILES string of the molecule is c1cc2c(c(OC3CCCNC3)c1)OCCC2. The fraction of sp³-hybridized carbons (Fsp3) is 0.571. The summed E-state index contributed by atoms with van der Waals surface area (Å²) in [6, 6.07) is 6.23. The smallest absolute Gasteiger partial charge is 0.164 e. The summed E-state index contributed by atoms with van der Waals surface area (Å²) in [5.74, 6) is 1.90. The molecule has 2 aliphatic rings. The van der Waals surface area contributed by atoms with E-state index in [4.69, 9.17) is 9.47 Å². The predicted molar refractivity (Wildman–Crippen MR) is 66.8 cm³/mol. The van der Waals surface area contributed by atoms with Crippen LogP contribution in [0.2, 0.25) is 0 Å². The van der Waals surface area contributed by atoms with E-state index in [0.717, 1.165) is 50.5 Å². The number of fused-ring (bicyclic) bond motifs is 1. The predicted octanol–water partition coefficient (Wildman–Crippen LogP) is 2.14. The van der Waals surface area contributed by atoms with Crippen LogP contribution in [-0.4, -0.2) is 25.8 Å². The van der Waals surface area contributed by atoms with Gasteiger partial charge in [0.25, 0.3) is 0 Å². The Balaban J connectivity index is 1.77. The second-order valence-corrected chi connectivity index (χ2v) is 4.78. The first kappa shape index (κ1) is 10.9. The standard InChI is InChI=1S/C14H19NO2/c1-4-11-5-3-9-16-14(11)13(7-1)17-12-6-2-8-15-10-12/h1,4,7,12,15H,2-3,5-6,8-10H2. The summed E-state index contributed by atoms with van der Waals surface area (Å²) in [6.45, 7) is 2.88. The summed E-state index contributed by atoms with van der Waals surface area (Å²) in [6.07, 6.45) is 4.84. The number of ether oxygens (including phenoxy) is 2. The van der Waals surface area contributed by atoms with Crippen LogP contribution in [0.5, 0.6) is 11.5 Å². The molecule has 2 heterocycles. The van der Waals surface area contributed by atoms with E-state index in [1.54, 1.807) is 0 Å². The van der Waals surface area contributed by atoms with Gasteiger partial charge < -0.3 is 14.8 Å². The van der Waals surface area contributed by atoms with Crippen LogP contribution in [-0.2, 0) is 6.42 Å².